The molecular formula is C39H50N9O17P2S+. The van der Waals surface area contributed by atoms with E-state index in [1.165, 1.54) is 29.2 Å². The number of aryl methyl sites for hydroxylation is 1. The van der Waals surface area contributed by atoms with Crippen molar-refractivity contribution in [3.8, 4) is 0 Å². The van der Waals surface area contributed by atoms with Crippen molar-refractivity contribution in [2.24, 2.45) is 0 Å². The van der Waals surface area contributed by atoms with Crippen LogP contribution in [-0.2, 0) is 48.9 Å². The molecule has 0 bridgehead atoms. The van der Waals surface area contributed by atoms with Crippen LogP contribution in [0.1, 0.15) is 57.0 Å². The number of imidazole rings is 1. The van der Waals surface area contributed by atoms with Gasteiger partial charge in [0.05, 0.1) is 18.5 Å². The number of fused-ring (bicyclic) bond motifs is 2. The molecule has 29 heteroatoms. The molecule has 68 heavy (non-hydrogen) atoms. The lowest BCUT2D eigenvalue weighted by atomic mass is 10.1. The highest BCUT2D eigenvalue weighted by Gasteiger charge is 2.49. The molecule has 0 spiro atoms. The van der Waals surface area contributed by atoms with Crippen molar-refractivity contribution in [2.75, 3.05) is 43.4 Å². The molecule has 9 N–H and O–H groups in total. The number of pyridine rings is 1. The molecule has 0 aliphatic carbocycles. The Morgan fingerprint density at radius 2 is 1.76 bits per heavy atom. The summed E-state index contributed by atoms with van der Waals surface area (Å²) in [5.74, 6) is -0.358. The van der Waals surface area contributed by atoms with E-state index < -0.39 is 68.6 Å². The highest BCUT2D eigenvalue weighted by atomic mass is 32.2. The van der Waals surface area contributed by atoms with Gasteiger partial charge in [0.25, 0.3) is 10.1 Å². The van der Waals surface area contributed by atoms with Gasteiger partial charge in [0.15, 0.2) is 34.9 Å². The third-order valence-corrected chi connectivity index (χ3v) is 13.5. The number of aliphatic hydroxyl groups is 1. The maximum Gasteiger partial charge on any atom is 0.481 e. The van der Waals surface area contributed by atoms with E-state index in [2.05, 4.69) is 39.3 Å². The number of anilines is 2. The molecule has 5 aromatic rings. The molecule has 4 aromatic heterocycles. The second kappa shape index (κ2) is 22.2. The Hall–Kier alpha value is -5.70. The second-order valence-corrected chi connectivity index (χ2v) is 19.4. The largest absolute Gasteiger partial charge is 0.481 e. The van der Waals surface area contributed by atoms with Gasteiger partial charge >= 0.3 is 27.4 Å². The molecule has 1 fully saturated rings. The topological polar surface area (TPSA) is 372 Å². The van der Waals surface area contributed by atoms with Gasteiger partial charge in [-0.15, -0.1) is 0 Å². The molecule has 1 aliphatic heterocycles. The number of alkyl carbamates (subject to hydrolysis) is 1. The summed E-state index contributed by atoms with van der Waals surface area (Å²) in [4.78, 5) is 79.9. The summed E-state index contributed by atoms with van der Waals surface area (Å²) in [5.41, 5.74) is 7.67. The van der Waals surface area contributed by atoms with E-state index in [0.29, 0.717) is 35.9 Å². The van der Waals surface area contributed by atoms with Gasteiger partial charge in [-0.2, -0.15) is 17.3 Å². The van der Waals surface area contributed by atoms with Crippen LogP contribution < -0.4 is 31.5 Å². The summed E-state index contributed by atoms with van der Waals surface area (Å²) >= 11 is 0. The number of phosphoric acid groups is 2. The van der Waals surface area contributed by atoms with Crippen LogP contribution in [0.2, 0.25) is 0 Å². The molecule has 1 aromatic carbocycles. The van der Waals surface area contributed by atoms with E-state index >= 15 is 0 Å². The van der Waals surface area contributed by atoms with Crippen molar-refractivity contribution in [3.05, 3.63) is 76.9 Å². The Bertz CT molecular complexity index is 2930. The zero-order valence-electron chi connectivity index (χ0n) is 36.4. The summed E-state index contributed by atoms with van der Waals surface area (Å²) in [7, 11) is -15.4. The van der Waals surface area contributed by atoms with E-state index in [9.17, 15) is 46.5 Å². The van der Waals surface area contributed by atoms with Crippen LogP contribution in [0.25, 0.3) is 34.3 Å². The average Bonchev–Trinajstić information content (AvgIpc) is 3.83. The average molecular weight is 1010 g/mol. The number of aromatic nitrogens is 5. The first kappa shape index (κ1) is 51.7. The van der Waals surface area contributed by atoms with Crippen molar-refractivity contribution in [1.82, 2.24) is 30.2 Å². The van der Waals surface area contributed by atoms with Gasteiger partial charge in [-0.05, 0) is 57.0 Å². The molecule has 0 saturated carbocycles. The van der Waals surface area contributed by atoms with Gasteiger partial charge in [-0.1, -0.05) is 0 Å². The molecule has 368 valence electrons. The minimum Gasteiger partial charge on any atom is -0.440 e. The fraction of sp³-hybridized carbons (Fsp3) is 0.410. The number of amides is 2. The molecule has 6 rings (SSSR count). The highest BCUT2D eigenvalue weighted by Crippen LogP contribution is 2.57. The van der Waals surface area contributed by atoms with E-state index in [1.54, 1.807) is 22.8 Å². The second-order valence-electron chi connectivity index (χ2n) is 15.1. The van der Waals surface area contributed by atoms with Gasteiger partial charge in [0, 0.05) is 68.3 Å². The summed E-state index contributed by atoms with van der Waals surface area (Å²) in [6.07, 6.45) is 0.915. The quantitative estimate of drug-likeness (QED) is 0.0162. The molecule has 0 radical (unpaired) electrons. The van der Waals surface area contributed by atoms with Gasteiger partial charge in [0.2, 0.25) is 11.6 Å². The SMILES string of the molecule is CCN(CC)c1ccc2cc(/C=C/c3ccc(S(=O)(=O)O)c[n+]3CCCCCC(=O)NCCNC(=O)O[C@H]3[C@@H](O)[C@H](n4cnc5c(N)ncnc54)O[C@@H]3COP(=O)(O)OP(=O)(O)O)c(=O)oc2c1. The number of aliphatic hydroxyl groups excluding tert-OH is 1. The predicted octanol–water partition coefficient (Wildman–Crippen LogP) is 2.02. The molecule has 2 amide bonds. The van der Waals surface area contributed by atoms with Gasteiger partial charge in [-0.25, -0.2) is 33.7 Å². The van der Waals surface area contributed by atoms with E-state index in [1.807, 2.05) is 32.0 Å². The first-order valence-electron chi connectivity index (χ1n) is 20.9. The number of ether oxygens (including phenoxy) is 2. The molecular weight excluding hydrogens is 960 g/mol. The number of nitrogens with one attached hydrogen (secondary N) is 2. The van der Waals surface area contributed by atoms with Crippen LogP contribution in [-0.4, -0.2) is 115 Å². The third-order valence-electron chi connectivity index (χ3n) is 10.5. The Labute approximate surface area is 387 Å². The lowest BCUT2D eigenvalue weighted by Crippen LogP contribution is -2.42. The molecule has 5 heterocycles. The number of nitrogen functional groups attached to an aromatic ring is 1. The van der Waals surface area contributed by atoms with E-state index in [0.717, 1.165) is 25.1 Å². The predicted molar refractivity (Wildman–Crippen MR) is 240 cm³/mol. The Kier molecular flexibility index (Phi) is 16.8. The normalized spacial score (nSPS) is 18.5. The molecule has 1 aliphatic rings. The number of nitrogens with zero attached hydrogens (tertiary/aromatic N) is 6. The van der Waals surface area contributed by atoms with Gasteiger partial charge in [-0.3, -0.25) is 18.4 Å². The van der Waals surface area contributed by atoms with Crippen molar-refractivity contribution >= 4 is 83.6 Å². The van der Waals surface area contributed by atoms with Crippen LogP contribution in [0.5, 0.6) is 0 Å². The van der Waals surface area contributed by atoms with Crippen molar-refractivity contribution < 1.29 is 78.8 Å². The maximum absolute atomic E-state index is 12.9. The van der Waals surface area contributed by atoms with Crippen LogP contribution in [0.4, 0.5) is 16.3 Å². The van der Waals surface area contributed by atoms with E-state index in [4.69, 9.17) is 29.4 Å². The van der Waals surface area contributed by atoms with Crippen molar-refractivity contribution in [3.63, 3.8) is 0 Å². The lowest BCUT2D eigenvalue weighted by Gasteiger charge is -2.21. The Morgan fingerprint density at radius 3 is 2.49 bits per heavy atom. The molecule has 1 saturated heterocycles. The molecule has 5 atom stereocenters. The van der Waals surface area contributed by atoms with Crippen LogP contribution in [0.15, 0.2) is 69.4 Å². The third kappa shape index (κ3) is 13.5. The number of benzene rings is 1. The summed E-state index contributed by atoms with van der Waals surface area (Å²) in [6.45, 7) is 4.73. The zero-order valence-corrected chi connectivity index (χ0v) is 39.0. The lowest BCUT2D eigenvalue weighted by molar-refractivity contribution is -0.700. The Morgan fingerprint density at radius 1 is 1.01 bits per heavy atom. The number of rotatable bonds is 22. The molecule has 1 unspecified atom stereocenters. The zero-order chi connectivity index (χ0) is 49.4. The van der Waals surface area contributed by atoms with Crippen LogP contribution in [0.3, 0.4) is 0 Å². The number of hydrogen-bond donors (Lipinski definition) is 8. The number of nitrogens with two attached hydrogens (primary N) is 1. The fourth-order valence-electron chi connectivity index (χ4n) is 7.20. The fourth-order valence-corrected chi connectivity index (χ4v) is 9.30. The first-order valence-corrected chi connectivity index (χ1v) is 25.4. The minimum absolute atomic E-state index is 0.00210. The first-order chi connectivity index (χ1) is 32.2. The number of phosphoric ester groups is 1. The standard InChI is InChI=1S/C39H49N9O17P2S/c1-3-46(4-2)27-12-9-24-18-25(38(51)63-29(24)19-27)10-11-26-13-14-28(68(58,59)60)20-47(26)17-7-5-6-8-31(49)41-15-16-42-39(52)64-34-30(21-61-67(56,57)65-66(53,54)55)62-37(33(34)50)48-23-45-32-35(40)43-22-44-36(32)48/h9-14,18-20,22-23,30,33-34,37,50H,3-8,15-17,21H2,1-2H3,(H7-,40,41,42,43,44,49,52,53,54,55,56,57,58,59,60)/p+1/t30-,33-,34-,37-/m1/s1. The summed E-state index contributed by atoms with van der Waals surface area (Å²) in [5, 5.41) is 16.9. The van der Waals surface area contributed by atoms with Gasteiger partial charge in [0.1, 0.15) is 36.2 Å². The monoisotopic (exact) mass is 1010 g/mol. The number of unbranched alkanes of at least 4 members (excludes halogenated alkanes) is 2. The smallest absolute Gasteiger partial charge is 0.440 e. The van der Waals surface area contributed by atoms with Crippen molar-refractivity contribution in [2.45, 2.75) is 75.5 Å². The maximum atomic E-state index is 12.9. The van der Waals surface area contributed by atoms with Crippen molar-refractivity contribution in [1.29, 1.82) is 0 Å². The van der Waals surface area contributed by atoms with Gasteiger partial charge < -0.3 is 54.9 Å². The number of hydrogen-bond acceptors (Lipinski definition) is 18. The van der Waals surface area contributed by atoms with Crippen LogP contribution >= 0.6 is 15.6 Å². The number of carbonyl (C=O) groups is 2. The molecule has 26 nitrogen and oxygen atoms in total. The minimum atomic E-state index is -5.48. The van der Waals surface area contributed by atoms with E-state index in [-0.39, 0.29) is 59.4 Å². The van der Waals surface area contributed by atoms with Crippen LogP contribution in [0, 0.1) is 0 Å². The summed E-state index contributed by atoms with van der Waals surface area (Å²) < 4.78 is 85.0. The Balaban J connectivity index is 0.986. The number of carbonyl (C=O) groups excluding carboxylic acids is 2. The highest BCUT2D eigenvalue weighted by molar-refractivity contribution is 7.85. The summed E-state index contributed by atoms with van der Waals surface area (Å²) in [6, 6.07) is 10.1.